The normalized spacial score (nSPS) is 25.1. The Bertz CT molecular complexity index is 270. The van der Waals surface area contributed by atoms with Crippen molar-refractivity contribution in [3.05, 3.63) is 0 Å². The molecule has 2 unspecified atom stereocenters. The molecule has 2 atom stereocenters. The van der Waals surface area contributed by atoms with Gasteiger partial charge in [0, 0.05) is 24.4 Å². The molecule has 0 bridgehead atoms. The lowest BCUT2D eigenvalue weighted by atomic mass is 10.1. The molecule has 1 fully saturated rings. The van der Waals surface area contributed by atoms with Crippen molar-refractivity contribution in [1.29, 1.82) is 0 Å². The van der Waals surface area contributed by atoms with Crippen LogP contribution in [0.3, 0.4) is 0 Å². The molecule has 5 heteroatoms. The predicted molar refractivity (Wildman–Crippen MR) is 60.8 cm³/mol. The SMILES string of the molecule is CCS(=O)(=O)CC(C)NC1CCCOC1. The van der Waals surface area contributed by atoms with E-state index in [0.29, 0.717) is 12.6 Å². The number of rotatable bonds is 5. The van der Waals surface area contributed by atoms with Gasteiger partial charge < -0.3 is 10.1 Å². The molecular weight excluding hydrogens is 214 g/mol. The van der Waals surface area contributed by atoms with E-state index in [1.165, 1.54) is 0 Å². The van der Waals surface area contributed by atoms with E-state index < -0.39 is 9.84 Å². The summed E-state index contributed by atoms with van der Waals surface area (Å²) in [7, 11) is -2.87. The Morgan fingerprint density at radius 2 is 2.27 bits per heavy atom. The highest BCUT2D eigenvalue weighted by molar-refractivity contribution is 7.91. The smallest absolute Gasteiger partial charge is 0.151 e. The lowest BCUT2D eigenvalue weighted by Crippen LogP contribution is -2.44. The van der Waals surface area contributed by atoms with Crippen molar-refractivity contribution < 1.29 is 13.2 Å². The second kappa shape index (κ2) is 5.82. The van der Waals surface area contributed by atoms with Crippen molar-refractivity contribution in [2.45, 2.75) is 38.8 Å². The molecule has 0 aromatic carbocycles. The van der Waals surface area contributed by atoms with E-state index in [2.05, 4.69) is 5.32 Å². The zero-order chi connectivity index (χ0) is 11.3. The predicted octanol–water partition coefficient (Wildman–Crippen LogP) is 0.578. The molecule has 1 N–H and O–H groups in total. The molecule has 0 saturated carbocycles. The van der Waals surface area contributed by atoms with Crippen LogP contribution in [0, 0.1) is 0 Å². The average Bonchev–Trinajstić information content (AvgIpc) is 2.18. The Morgan fingerprint density at radius 1 is 1.53 bits per heavy atom. The lowest BCUT2D eigenvalue weighted by Gasteiger charge is -2.26. The molecule has 1 rings (SSSR count). The summed E-state index contributed by atoms with van der Waals surface area (Å²) in [4.78, 5) is 0. The van der Waals surface area contributed by atoms with E-state index in [1.807, 2.05) is 6.92 Å². The monoisotopic (exact) mass is 235 g/mol. The molecule has 90 valence electrons. The van der Waals surface area contributed by atoms with E-state index in [4.69, 9.17) is 4.74 Å². The molecule has 0 amide bonds. The summed E-state index contributed by atoms with van der Waals surface area (Å²) in [5, 5.41) is 3.31. The van der Waals surface area contributed by atoms with Crippen LogP contribution in [0.5, 0.6) is 0 Å². The van der Waals surface area contributed by atoms with Crippen molar-refractivity contribution in [2.24, 2.45) is 0 Å². The zero-order valence-electron chi connectivity index (χ0n) is 9.53. The minimum Gasteiger partial charge on any atom is -0.380 e. The Labute approximate surface area is 92.3 Å². The summed E-state index contributed by atoms with van der Waals surface area (Å²) >= 11 is 0. The topological polar surface area (TPSA) is 55.4 Å². The van der Waals surface area contributed by atoms with Crippen LogP contribution in [0.25, 0.3) is 0 Å². The van der Waals surface area contributed by atoms with Gasteiger partial charge in [-0.15, -0.1) is 0 Å². The fourth-order valence-electron chi connectivity index (χ4n) is 1.82. The number of sulfone groups is 1. The lowest BCUT2D eigenvalue weighted by molar-refractivity contribution is 0.0679. The van der Waals surface area contributed by atoms with Gasteiger partial charge in [-0.2, -0.15) is 0 Å². The number of nitrogens with one attached hydrogen (secondary N) is 1. The van der Waals surface area contributed by atoms with Crippen LogP contribution in [-0.2, 0) is 14.6 Å². The van der Waals surface area contributed by atoms with E-state index in [1.54, 1.807) is 6.92 Å². The summed E-state index contributed by atoms with van der Waals surface area (Å²) in [6, 6.07) is 0.336. The molecule has 1 heterocycles. The fraction of sp³-hybridized carbons (Fsp3) is 1.00. The molecule has 1 aliphatic heterocycles. The highest BCUT2D eigenvalue weighted by atomic mass is 32.2. The fourth-order valence-corrected chi connectivity index (χ4v) is 2.92. The first-order valence-corrected chi connectivity index (χ1v) is 7.40. The molecule has 15 heavy (non-hydrogen) atoms. The van der Waals surface area contributed by atoms with Gasteiger partial charge >= 0.3 is 0 Å². The van der Waals surface area contributed by atoms with E-state index >= 15 is 0 Å². The van der Waals surface area contributed by atoms with E-state index in [0.717, 1.165) is 19.4 Å². The van der Waals surface area contributed by atoms with Gasteiger partial charge in [0.15, 0.2) is 9.84 Å². The third-order valence-corrected chi connectivity index (χ3v) is 4.51. The minimum atomic E-state index is -2.87. The first kappa shape index (κ1) is 12.9. The third kappa shape index (κ3) is 4.95. The first-order chi connectivity index (χ1) is 7.03. The van der Waals surface area contributed by atoms with Gasteiger partial charge in [-0.3, -0.25) is 0 Å². The van der Waals surface area contributed by atoms with Crippen LogP contribution < -0.4 is 5.32 Å². The summed E-state index contributed by atoms with van der Waals surface area (Å²) in [6.45, 7) is 5.14. The highest BCUT2D eigenvalue weighted by Crippen LogP contribution is 2.07. The second-order valence-corrected chi connectivity index (χ2v) is 6.58. The van der Waals surface area contributed by atoms with Crippen LogP contribution in [0.4, 0.5) is 0 Å². The molecule has 0 aromatic rings. The van der Waals surface area contributed by atoms with Crippen molar-refractivity contribution in [2.75, 3.05) is 24.7 Å². The number of hydrogen-bond acceptors (Lipinski definition) is 4. The van der Waals surface area contributed by atoms with Crippen LogP contribution in [0.1, 0.15) is 26.7 Å². The van der Waals surface area contributed by atoms with Gasteiger partial charge in [0.25, 0.3) is 0 Å². The highest BCUT2D eigenvalue weighted by Gasteiger charge is 2.19. The Hall–Kier alpha value is -0.130. The third-order valence-electron chi connectivity index (χ3n) is 2.62. The van der Waals surface area contributed by atoms with Crippen molar-refractivity contribution in [3.63, 3.8) is 0 Å². The Kier molecular flexibility index (Phi) is 5.02. The molecule has 0 radical (unpaired) electrons. The number of hydrogen-bond donors (Lipinski definition) is 1. The molecular formula is C10H21NO3S. The largest absolute Gasteiger partial charge is 0.380 e. The molecule has 1 saturated heterocycles. The van der Waals surface area contributed by atoms with Crippen LogP contribution in [-0.4, -0.2) is 45.2 Å². The molecule has 1 aliphatic rings. The summed E-state index contributed by atoms with van der Waals surface area (Å²) in [6.07, 6.45) is 2.14. The minimum absolute atomic E-state index is 0.0154. The molecule has 0 spiro atoms. The van der Waals surface area contributed by atoms with Crippen LogP contribution in [0.15, 0.2) is 0 Å². The summed E-state index contributed by atoms with van der Waals surface area (Å²) < 4.78 is 28.1. The Balaban J connectivity index is 2.31. The van der Waals surface area contributed by atoms with Crippen molar-refractivity contribution in [3.8, 4) is 0 Å². The second-order valence-electron chi connectivity index (χ2n) is 4.18. The maximum absolute atomic E-state index is 11.4. The van der Waals surface area contributed by atoms with Gasteiger partial charge in [0.05, 0.1) is 12.4 Å². The Morgan fingerprint density at radius 3 is 2.80 bits per heavy atom. The summed E-state index contributed by atoms with van der Waals surface area (Å²) in [5.74, 6) is 0.445. The molecule has 0 aliphatic carbocycles. The van der Waals surface area contributed by atoms with Crippen molar-refractivity contribution >= 4 is 9.84 Å². The van der Waals surface area contributed by atoms with Gasteiger partial charge in [0.2, 0.25) is 0 Å². The van der Waals surface area contributed by atoms with Gasteiger partial charge in [-0.25, -0.2) is 8.42 Å². The standard InChI is InChI=1S/C10H21NO3S/c1-3-15(12,13)8-9(2)11-10-5-4-6-14-7-10/h9-11H,3-8H2,1-2H3. The first-order valence-electron chi connectivity index (χ1n) is 5.57. The van der Waals surface area contributed by atoms with Crippen LogP contribution >= 0.6 is 0 Å². The van der Waals surface area contributed by atoms with E-state index in [9.17, 15) is 8.42 Å². The molecule has 0 aromatic heterocycles. The van der Waals surface area contributed by atoms with Crippen LogP contribution in [0.2, 0.25) is 0 Å². The maximum Gasteiger partial charge on any atom is 0.151 e. The quantitative estimate of drug-likeness (QED) is 0.757. The van der Waals surface area contributed by atoms with E-state index in [-0.39, 0.29) is 17.5 Å². The summed E-state index contributed by atoms with van der Waals surface area (Å²) in [5.41, 5.74) is 0. The van der Waals surface area contributed by atoms with Gasteiger partial charge in [0.1, 0.15) is 0 Å². The average molecular weight is 235 g/mol. The van der Waals surface area contributed by atoms with Crippen molar-refractivity contribution in [1.82, 2.24) is 5.32 Å². The zero-order valence-corrected chi connectivity index (χ0v) is 10.3. The van der Waals surface area contributed by atoms with Gasteiger partial charge in [-0.05, 0) is 19.8 Å². The maximum atomic E-state index is 11.4. The number of ether oxygens (including phenoxy) is 1. The molecule has 4 nitrogen and oxygen atoms in total. The van der Waals surface area contributed by atoms with Gasteiger partial charge in [-0.1, -0.05) is 6.92 Å².